The van der Waals surface area contributed by atoms with Gasteiger partial charge in [-0.05, 0) is 54.5 Å². The Kier molecular flexibility index (Phi) is 8.32. The normalized spacial score (nSPS) is 20.5. The maximum atomic E-state index is 14.0. The van der Waals surface area contributed by atoms with Crippen LogP contribution in [0.15, 0.2) is 78.9 Å². The van der Waals surface area contributed by atoms with E-state index in [0.717, 1.165) is 28.2 Å². The molecule has 4 atom stereocenters. The number of carbonyl (C=O) groups is 3. The molecule has 8 heteroatoms. The number of amides is 3. The number of hydrogen-bond donors (Lipinski definition) is 1. The number of halogens is 2. The van der Waals surface area contributed by atoms with Gasteiger partial charge in [0.15, 0.2) is 0 Å². The van der Waals surface area contributed by atoms with Crippen molar-refractivity contribution < 1.29 is 23.2 Å². The van der Waals surface area contributed by atoms with E-state index in [2.05, 4.69) is 0 Å². The van der Waals surface area contributed by atoms with Crippen LogP contribution in [0.25, 0.3) is 0 Å². The van der Waals surface area contributed by atoms with Crippen LogP contribution in [0.4, 0.5) is 8.78 Å². The minimum Gasteiger partial charge on any atom is -0.337 e. The van der Waals surface area contributed by atoms with E-state index in [4.69, 9.17) is 5.73 Å². The fourth-order valence-corrected chi connectivity index (χ4v) is 5.17. The van der Waals surface area contributed by atoms with Crippen LogP contribution in [0.3, 0.4) is 0 Å². The number of nitrogens with two attached hydrogens (primary N) is 1. The highest BCUT2D eigenvalue weighted by Gasteiger charge is 2.43. The van der Waals surface area contributed by atoms with Crippen molar-refractivity contribution >= 4 is 17.7 Å². The van der Waals surface area contributed by atoms with E-state index >= 15 is 0 Å². The maximum absolute atomic E-state index is 14.0. The predicted octanol–water partition coefficient (Wildman–Crippen LogP) is 4.36. The van der Waals surface area contributed by atoms with Gasteiger partial charge in [-0.1, -0.05) is 60.7 Å². The third-order valence-corrected chi connectivity index (χ3v) is 7.06. The zero-order valence-electron chi connectivity index (χ0n) is 21.4. The Morgan fingerprint density at radius 1 is 0.947 bits per heavy atom. The first-order valence-corrected chi connectivity index (χ1v) is 12.6. The first kappa shape index (κ1) is 27.1. The summed E-state index contributed by atoms with van der Waals surface area (Å²) in [5.41, 5.74) is 7.90. The number of benzene rings is 3. The lowest BCUT2D eigenvalue weighted by molar-refractivity contribution is -0.155. The topological polar surface area (TPSA) is 83.7 Å². The summed E-state index contributed by atoms with van der Waals surface area (Å²) in [5, 5.41) is 0. The molecule has 0 aromatic heterocycles. The molecule has 198 valence electrons. The fraction of sp³-hybridized carbons (Fsp3) is 0.300. The lowest BCUT2D eigenvalue weighted by Crippen LogP contribution is -2.56. The second-order valence-corrected chi connectivity index (χ2v) is 9.82. The Hall–Kier alpha value is -3.91. The molecule has 1 aliphatic rings. The Labute approximate surface area is 221 Å². The van der Waals surface area contributed by atoms with Crippen molar-refractivity contribution in [3.8, 4) is 0 Å². The van der Waals surface area contributed by atoms with Crippen LogP contribution < -0.4 is 5.73 Å². The number of likely N-dealkylation sites (tertiary alicyclic amines) is 1. The van der Waals surface area contributed by atoms with Gasteiger partial charge in [-0.2, -0.15) is 0 Å². The largest absolute Gasteiger partial charge is 0.337 e. The molecule has 6 nitrogen and oxygen atoms in total. The van der Waals surface area contributed by atoms with Crippen LogP contribution >= 0.6 is 0 Å². The molecule has 2 N–H and O–H groups in total. The summed E-state index contributed by atoms with van der Waals surface area (Å²) in [5.74, 6) is -3.69. The number of hydrogen-bond acceptors (Lipinski definition) is 4. The minimum atomic E-state index is -1.14. The molecular weight excluding hydrogens is 488 g/mol. The van der Waals surface area contributed by atoms with Gasteiger partial charge in [-0.3, -0.25) is 19.3 Å². The third kappa shape index (κ3) is 5.97. The molecule has 3 amide bonds. The van der Waals surface area contributed by atoms with Gasteiger partial charge in [0.2, 0.25) is 17.7 Å². The van der Waals surface area contributed by atoms with Crippen LogP contribution in [0, 0.1) is 11.6 Å². The van der Waals surface area contributed by atoms with E-state index in [1.165, 1.54) is 6.92 Å². The van der Waals surface area contributed by atoms with Gasteiger partial charge in [-0.15, -0.1) is 0 Å². The van der Waals surface area contributed by atoms with Crippen LogP contribution in [-0.4, -0.2) is 46.7 Å². The van der Waals surface area contributed by atoms with Gasteiger partial charge in [0, 0.05) is 13.1 Å². The SMILES string of the molecule is C[C@H](N)C(=O)N(C(=O)Cc1cc(F)cc(F)c1)[C@H]1C[C@H](c2ccccc2)C[C@H](c2ccccc2)N(C)C1=O. The zero-order chi connectivity index (χ0) is 27.4. The fourth-order valence-electron chi connectivity index (χ4n) is 5.17. The van der Waals surface area contributed by atoms with E-state index < -0.39 is 47.9 Å². The van der Waals surface area contributed by atoms with Crippen LogP contribution in [-0.2, 0) is 20.8 Å². The van der Waals surface area contributed by atoms with Gasteiger partial charge in [-0.25, -0.2) is 8.78 Å². The second kappa shape index (κ2) is 11.6. The monoisotopic (exact) mass is 519 g/mol. The third-order valence-electron chi connectivity index (χ3n) is 7.06. The average Bonchev–Trinajstić information content (AvgIpc) is 3.01. The number of likely N-dealkylation sites (N-methyl/N-ethyl adjacent to an activating group) is 1. The molecule has 0 saturated carbocycles. The van der Waals surface area contributed by atoms with E-state index in [-0.39, 0.29) is 23.9 Å². The molecule has 0 bridgehead atoms. The lowest BCUT2D eigenvalue weighted by Gasteiger charge is -2.33. The Morgan fingerprint density at radius 2 is 1.50 bits per heavy atom. The van der Waals surface area contributed by atoms with Crippen molar-refractivity contribution in [3.63, 3.8) is 0 Å². The summed E-state index contributed by atoms with van der Waals surface area (Å²) < 4.78 is 27.6. The molecule has 1 fully saturated rings. The quantitative estimate of drug-likeness (QED) is 0.525. The smallest absolute Gasteiger partial charge is 0.246 e. The highest BCUT2D eigenvalue weighted by Crippen LogP contribution is 2.39. The molecule has 0 radical (unpaired) electrons. The predicted molar refractivity (Wildman–Crippen MR) is 140 cm³/mol. The van der Waals surface area contributed by atoms with Crippen LogP contribution in [0.5, 0.6) is 0 Å². The number of nitrogens with zero attached hydrogens (tertiary/aromatic N) is 2. The number of imide groups is 1. The molecule has 0 aliphatic carbocycles. The zero-order valence-corrected chi connectivity index (χ0v) is 21.4. The Balaban J connectivity index is 1.76. The maximum Gasteiger partial charge on any atom is 0.246 e. The van der Waals surface area contributed by atoms with Crippen molar-refractivity contribution in [1.82, 2.24) is 9.80 Å². The summed E-state index contributed by atoms with van der Waals surface area (Å²) in [6.45, 7) is 1.44. The molecule has 38 heavy (non-hydrogen) atoms. The van der Waals surface area contributed by atoms with Gasteiger partial charge >= 0.3 is 0 Å². The molecule has 1 saturated heterocycles. The average molecular weight is 520 g/mol. The van der Waals surface area contributed by atoms with E-state index in [1.54, 1.807) is 11.9 Å². The van der Waals surface area contributed by atoms with Crippen molar-refractivity contribution in [2.45, 2.75) is 50.2 Å². The Bertz CT molecular complexity index is 1280. The molecule has 4 rings (SSSR count). The summed E-state index contributed by atoms with van der Waals surface area (Å²) in [6, 6.07) is 19.5. The number of rotatable bonds is 6. The lowest BCUT2D eigenvalue weighted by atomic mass is 9.86. The Morgan fingerprint density at radius 3 is 2.05 bits per heavy atom. The molecule has 0 unspecified atom stereocenters. The van der Waals surface area contributed by atoms with Gasteiger partial charge in [0.25, 0.3) is 0 Å². The standard InChI is InChI=1S/C30H31F2N3O3/c1-19(33)29(37)35(28(36)15-20-13-24(31)18-25(32)14-20)27-17-23(21-9-5-3-6-10-21)16-26(34(2)30(27)38)22-11-7-4-8-12-22/h3-14,18-19,23,26-27H,15-17,33H2,1-2H3/t19-,23+,26+,27-/m0/s1. The molecule has 1 aliphatic heterocycles. The van der Waals surface area contributed by atoms with Crippen molar-refractivity contribution in [2.24, 2.45) is 5.73 Å². The van der Waals surface area contributed by atoms with Gasteiger partial charge in [0.1, 0.15) is 17.7 Å². The molecular formula is C30H31F2N3O3. The second-order valence-electron chi connectivity index (χ2n) is 9.82. The van der Waals surface area contributed by atoms with Crippen LogP contribution in [0.1, 0.15) is 48.4 Å². The van der Waals surface area contributed by atoms with Crippen molar-refractivity contribution in [3.05, 3.63) is 107 Å². The van der Waals surface area contributed by atoms with Crippen molar-refractivity contribution in [2.75, 3.05) is 7.05 Å². The minimum absolute atomic E-state index is 0.0613. The first-order valence-electron chi connectivity index (χ1n) is 12.6. The highest BCUT2D eigenvalue weighted by atomic mass is 19.1. The molecule has 3 aromatic rings. The van der Waals surface area contributed by atoms with Crippen molar-refractivity contribution in [1.29, 1.82) is 0 Å². The highest BCUT2D eigenvalue weighted by molar-refractivity contribution is 6.03. The van der Waals surface area contributed by atoms with E-state index in [1.807, 2.05) is 60.7 Å². The summed E-state index contributed by atoms with van der Waals surface area (Å²) in [7, 11) is 1.67. The first-order chi connectivity index (χ1) is 18.2. The summed E-state index contributed by atoms with van der Waals surface area (Å²) in [6.07, 6.45) is 0.313. The van der Waals surface area contributed by atoms with E-state index in [9.17, 15) is 23.2 Å². The molecule has 3 aromatic carbocycles. The molecule has 1 heterocycles. The summed E-state index contributed by atoms with van der Waals surface area (Å²) in [4.78, 5) is 43.4. The van der Waals surface area contributed by atoms with Crippen LogP contribution in [0.2, 0.25) is 0 Å². The van der Waals surface area contributed by atoms with E-state index in [0.29, 0.717) is 12.5 Å². The summed E-state index contributed by atoms with van der Waals surface area (Å²) >= 11 is 0. The van der Waals surface area contributed by atoms with Gasteiger partial charge < -0.3 is 10.6 Å². The molecule has 0 spiro atoms. The number of carbonyl (C=O) groups excluding carboxylic acids is 3. The van der Waals surface area contributed by atoms with Gasteiger partial charge in [0.05, 0.1) is 18.5 Å².